The Morgan fingerprint density at radius 3 is 2.83 bits per heavy atom. The Morgan fingerprint density at radius 1 is 1.34 bits per heavy atom. The minimum Gasteiger partial charge on any atom is -0.366 e. The van der Waals surface area contributed by atoms with Crippen molar-refractivity contribution < 1.29 is 4.79 Å². The van der Waals surface area contributed by atoms with E-state index in [1.165, 1.54) is 12.8 Å². The number of fused-ring (bicyclic) bond motifs is 1. The van der Waals surface area contributed by atoms with Crippen molar-refractivity contribution in [1.29, 1.82) is 0 Å². The van der Waals surface area contributed by atoms with E-state index in [2.05, 4.69) is 42.2 Å². The van der Waals surface area contributed by atoms with Crippen LogP contribution in [-0.4, -0.2) is 20.5 Å². The van der Waals surface area contributed by atoms with Gasteiger partial charge in [-0.05, 0) is 36.5 Å². The summed E-state index contributed by atoms with van der Waals surface area (Å²) in [5.41, 5.74) is 4.91. The van der Waals surface area contributed by atoms with Crippen molar-refractivity contribution in [3.63, 3.8) is 0 Å². The van der Waals surface area contributed by atoms with Gasteiger partial charge in [-0.2, -0.15) is 9.61 Å². The van der Waals surface area contributed by atoms with E-state index in [-0.39, 0.29) is 5.03 Å². The van der Waals surface area contributed by atoms with Gasteiger partial charge in [0.05, 0.1) is 11.2 Å². The molecule has 1 amide bonds. The number of halogens is 1. The van der Waals surface area contributed by atoms with E-state index in [0.717, 1.165) is 28.3 Å². The predicted octanol–water partition coefficient (Wildman–Crippen LogP) is 5.03. The highest BCUT2D eigenvalue weighted by atomic mass is 35.5. The summed E-state index contributed by atoms with van der Waals surface area (Å²) in [6.45, 7) is 8.35. The summed E-state index contributed by atoms with van der Waals surface area (Å²) in [5.74, 6) is 1.43. The van der Waals surface area contributed by atoms with E-state index in [0.29, 0.717) is 24.1 Å². The molecule has 2 N–H and O–H groups in total. The molecule has 0 unspecified atom stereocenters. The smallest absolute Gasteiger partial charge is 0.266 e. The molecule has 7 heteroatoms. The number of anilines is 2. The maximum atomic E-state index is 11.7. The molecule has 2 heterocycles. The number of aromatic nitrogens is 3. The Balaban J connectivity index is 1.58. The standard InChI is InChI=1S/C22H24ClN5O/c1-13(2)18-12-25-28-20(10-19(16-7-8-16)27-21(18)28)24-11-15-5-4-6-17(9-15)26-22(29)14(3)23/h4-6,9-10,12-13,16,24H,3,7-8,11H2,1-2H3,(H,26,29). The van der Waals surface area contributed by atoms with Gasteiger partial charge >= 0.3 is 0 Å². The normalized spacial score (nSPS) is 13.7. The monoisotopic (exact) mass is 409 g/mol. The van der Waals surface area contributed by atoms with E-state index in [4.69, 9.17) is 16.6 Å². The van der Waals surface area contributed by atoms with Crippen LogP contribution in [0.2, 0.25) is 0 Å². The Labute approximate surface area is 175 Å². The molecule has 29 heavy (non-hydrogen) atoms. The van der Waals surface area contributed by atoms with Crippen molar-refractivity contribution in [2.45, 2.75) is 45.1 Å². The van der Waals surface area contributed by atoms with Gasteiger partial charge in [0, 0.05) is 35.5 Å². The van der Waals surface area contributed by atoms with E-state index in [1.807, 2.05) is 35.0 Å². The molecule has 0 aliphatic heterocycles. The van der Waals surface area contributed by atoms with E-state index < -0.39 is 5.91 Å². The Hall–Kier alpha value is -2.86. The molecule has 1 aliphatic carbocycles. The van der Waals surface area contributed by atoms with Crippen molar-refractivity contribution in [2.75, 3.05) is 10.6 Å². The summed E-state index contributed by atoms with van der Waals surface area (Å²) in [6.07, 6.45) is 4.30. The quantitative estimate of drug-likeness (QED) is 0.536. The third-order valence-electron chi connectivity index (χ3n) is 5.04. The second kappa shape index (κ2) is 7.87. The fraction of sp³-hybridized carbons (Fsp3) is 0.318. The number of carbonyl (C=O) groups is 1. The zero-order chi connectivity index (χ0) is 20.5. The molecule has 0 atom stereocenters. The van der Waals surface area contributed by atoms with Gasteiger partial charge in [-0.1, -0.05) is 44.2 Å². The van der Waals surface area contributed by atoms with Crippen LogP contribution in [0.1, 0.15) is 55.3 Å². The highest BCUT2D eigenvalue weighted by molar-refractivity contribution is 6.43. The van der Waals surface area contributed by atoms with Crippen LogP contribution < -0.4 is 10.6 Å². The molecule has 1 aromatic carbocycles. The third kappa shape index (κ3) is 4.27. The first-order chi connectivity index (χ1) is 13.9. The van der Waals surface area contributed by atoms with Crippen molar-refractivity contribution in [1.82, 2.24) is 14.6 Å². The van der Waals surface area contributed by atoms with Crippen molar-refractivity contribution in [3.8, 4) is 0 Å². The molecule has 150 valence electrons. The lowest BCUT2D eigenvalue weighted by molar-refractivity contribution is -0.112. The summed E-state index contributed by atoms with van der Waals surface area (Å²) in [7, 11) is 0. The Kier molecular flexibility index (Phi) is 5.28. The van der Waals surface area contributed by atoms with E-state index in [9.17, 15) is 4.79 Å². The average Bonchev–Trinajstić information content (AvgIpc) is 3.45. The molecule has 6 nitrogen and oxygen atoms in total. The highest BCUT2D eigenvalue weighted by Gasteiger charge is 2.27. The maximum Gasteiger partial charge on any atom is 0.266 e. The fourth-order valence-electron chi connectivity index (χ4n) is 3.27. The van der Waals surface area contributed by atoms with Crippen molar-refractivity contribution in [3.05, 3.63) is 65.0 Å². The van der Waals surface area contributed by atoms with E-state index in [1.54, 1.807) is 0 Å². The van der Waals surface area contributed by atoms with Crippen LogP contribution >= 0.6 is 11.6 Å². The van der Waals surface area contributed by atoms with Crippen LogP contribution in [0.3, 0.4) is 0 Å². The second-order valence-corrected chi connectivity index (χ2v) is 8.20. The highest BCUT2D eigenvalue weighted by Crippen LogP contribution is 2.40. The van der Waals surface area contributed by atoms with E-state index >= 15 is 0 Å². The molecular formula is C22H24ClN5O. The second-order valence-electron chi connectivity index (χ2n) is 7.74. The molecule has 0 spiro atoms. The molecule has 0 radical (unpaired) electrons. The Bertz CT molecular complexity index is 1080. The molecule has 1 aliphatic rings. The van der Waals surface area contributed by atoms with Gasteiger partial charge in [-0.15, -0.1) is 0 Å². The molecule has 4 rings (SSSR count). The van der Waals surface area contributed by atoms with Crippen LogP contribution in [0.4, 0.5) is 11.5 Å². The van der Waals surface area contributed by atoms with Gasteiger partial charge in [0.15, 0.2) is 5.65 Å². The van der Waals surface area contributed by atoms with Gasteiger partial charge in [0.1, 0.15) is 5.82 Å². The molecular weight excluding hydrogens is 386 g/mol. The topological polar surface area (TPSA) is 71.3 Å². The van der Waals surface area contributed by atoms with Crippen molar-refractivity contribution in [2.24, 2.45) is 0 Å². The largest absolute Gasteiger partial charge is 0.366 e. The van der Waals surface area contributed by atoms with Gasteiger partial charge in [0.25, 0.3) is 5.91 Å². The molecule has 3 aromatic rings. The number of rotatable bonds is 7. The number of hydrogen-bond donors (Lipinski definition) is 2. The first-order valence-corrected chi connectivity index (χ1v) is 10.2. The van der Waals surface area contributed by atoms with Gasteiger partial charge < -0.3 is 10.6 Å². The van der Waals surface area contributed by atoms with Crippen LogP contribution in [0.15, 0.2) is 48.1 Å². The molecule has 0 bridgehead atoms. The summed E-state index contributed by atoms with van der Waals surface area (Å²) in [5, 5.41) is 10.7. The SMILES string of the molecule is C=C(Cl)C(=O)Nc1cccc(CNc2cc(C3CC3)nc3c(C(C)C)cnn23)c1. The summed E-state index contributed by atoms with van der Waals surface area (Å²) >= 11 is 5.65. The molecule has 2 aromatic heterocycles. The first kappa shape index (κ1) is 19.5. The van der Waals surface area contributed by atoms with Crippen molar-refractivity contribution >= 4 is 34.7 Å². The zero-order valence-corrected chi connectivity index (χ0v) is 17.3. The number of hydrogen-bond acceptors (Lipinski definition) is 4. The molecule has 0 saturated heterocycles. The first-order valence-electron chi connectivity index (χ1n) is 9.79. The lowest BCUT2D eigenvalue weighted by Crippen LogP contribution is -2.11. The number of nitrogens with one attached hydrogen (secondary N) is 2. The third-order valence-corrected chi connectivity index (χ3v) is 5.21. The predicted molar refractivity (Wildman–Crippen MR) is 116 cm³/mol. The maximum absolute atomic E-state index is 11.7. The number of nitrogens with zero attached hydrogens (tertiary/aromatic N) is 3. The van der Waals surface area contributed by atoms with Gasteiger partial charge in [-0.25, -0.2) is 4.98 Å². The fourth-order valence-corrected chi connectivity index (χ4v) is 3.32. The number of amides is 1. The van der Waals surface area contributed by atoms with Crippen LogP contribution in [0.25, 0.3) is 5.65 Å². The number of benzene rings is 1. The minimum atomic E-state index is -0.403. The molecule has 1 fully saturated rings. The van der Waals surface area contributed by atoms with Crippen LogP contribution in [0, 0.1) is 0 Å². The van der Waals surface area contributed by atoms with Gasteiger partial charge in [-0.3, -0.25) is 4.79 Å². The van der Waals surface area contributed by atoms with Crippen LogP contribution in [0.5, 0.6) is 0 Å². The molecule has 1 saturated carbocycles. The minimum absolute atomic E-state index is 0.0417. The lowest BCUT2D eigenvalue weighted by Gasteiger charge is -2.12. The van der Waals surface area contributed by atoms with Gasteiger partial charge in [0.2, 0.25) is 0 Å². The summed E-state index contributed by atoms with van der Waals surface area (Å²) in [4.78, 5) is 16.6. The Morgan fingerprint density at radius 2 is 2.14 bits per heavy atom. The summed E-state index contributed by atoms with van der Waals surface area (Å²) in [6, 6.07) is 9.73. The lowest BCUT2D eigenvalue weighted by atomic mass is 10.1. The van der Waals surface area contributed by atoms with Crippen LogP contribution in [-0.2, 0) is 11.3 Å². The average molecular weight is 410 g/mol. The zero-order valence-electron chi connectivity index (χ0n) is 16.6. The summed E-state index contributed by atoms with van der Waals surface area (Å²) < 4.78 is 1.88. The number of carbonyl (C=O) groups excluding carboxylic acids is 1.